The first-order valence-corrected chi connectivity index (χ1v) is 8.70. The van der Waals surface area contributed by atoms with E-state index in [1.807, 2.05) is 13.0 Å². The Bertz CT molecular complexity index is 636. The Kier molecular flexibility index (Phi) is 4.61. The van der Waals surface area contributed by atoms with Crippen molar-refractivity contribution in [3.05, 3.63) is 35.6 Å². The van der Waals surface area contributed by atoms with Crippen LogP contribution in [-0.4, -0.2) is 35.8 Å². The number of hydrogen-bond donors (Lipinski definition) is 1. The first-order valence-electron chi connectivity index (χ1n) is 8.70. The van der Waals surface area contributed by atoms with Gasteiger partial charge in [-0.25, -0.2) is 4.39 Å². The molecule has 2 amide bonds. The fourth-order valence-corrected chi connectivity index (χ4v) is 3.82. The van der Waals surface area contributed by atoms with Crippen molar-refractivity contribution >= 4 is 11.8 Å². The number of hydrogen-bond acceptors (Lipinski definition) is 2. The summed E-state index contributed by atoms with van der Waals surface area (Å²) in [5.74, 6) is 0.0981. The molecule has 24 heavy (non-hydrogen) atoms. The van der Waals surface area contributed by atoms with E-state index in [0.717, 1.165) is 12.8 Å². The Balaban J connectivity index is 1.65. The number of amides is 2. The molecular weight excluding hydrogens is 307 g/mol. The highest BCUT2D eigenvalue weighted by atomic mass is 19.1. The van der Waals surface area contributed by atoms with Gasteiger partial charge in [0.05, 0.1) is 0 Å². The number of carbonyl (C=O) groups excluding carboxylic acids is 2. The molecule has 1 aliphatic heterocycles. The lowest BCUT2D eigenvalue weighted by Gasteiger charge is -2.49. The second-order valence-corrected chi connectivity index (χ2v) is 7.52. The normalized spacial score (nSPS) is 20.7. The Morgan fingerprint density at radius 2 is 2.00 bits per heavy atom. The number of rotatable bonds is 5. The van der Waals surface area contributed by atoms with Crippen molar-refractivity contribution in [1.29, 1.82) is 0 Å². The van der Waals surface area contributed by atoms with E-state index in [9.17, 15) is 14.0 Å². The van der Waals surface area contributed by atoms with Gasteiger partial charge in [-0.15, -0.1) is 0 Å². The molecule has 3 rings (SSSR count). The summed E-state index contributed by atoms with van der Waals surface area (Å²) in [6, 6.07) is 6.30. The lowest BCUT2D eigenvalue weighted by Crippen LogP contribution is -2.63. The largest absolute Gasteiger partial charge is 0.345 e. The Hall–Kier alpha value is -1.91. The van der Waals surface area contributed by atoms with Crippen molar-refractivity contribution in [2.24, 2.45) is 5.92 Å². The quantitative estimate of drug-likeness (QED) is 0.901. The maximum atomic E-state index is 14.0. The van der Waals surface area contributed by atoms with Crippen LogP contribution in [-0.2, 0) is 15.0 Å². The van der Waals surface area contributed by atoms with Crippen LogP contribution >= 0.6 is 0 Å². The molecule has 4 nitrogen and oxygen atoms in total. The van der Waals surface area contributed by atoms with Gasteiger partial charge in [-0.2, -0.15) is 0 Å². The zero-order chi connectivity index (χ0) is 17.3. The van der Waals surface area contributed by atoms with Crippen LogP contribution in [0.1, 0.15) is 45.1 Å². The average molecular weight is 332 g/mol. The predicted molar refractivity (Wildman–Crippen MR) is 89.9 cm³/mol. The molecule has 1 saturated heterocycles. The lowest BCUT2D eigenvalue weighted by molar-refractivity contribution is -0.143. The maximum Gasteiger partial charge on any atom is 0.245 e. The SMILES string of the molecule is CC(=O)N[C@H](CC1CCC1)C(=O)N1CC(C)(c2ccccc2F)C1. The van der Waals surface area contributed by atoms with Crippen molar-refractivity contribution in [3.63, 3.8) is 0 Å². The number of benzene rings is 1. The highest BCUT2D eigenvalue weighted by Gasteiger charge is 2.45. The van der Waals surface area contributed by atoms with Crippen LogP contribution in [0.3, 0.4) is 0 Å². The number of nitrogens with one attached hydrogen (secondary N) is 1. The summed E-state index contributed by atoms with van der Waals surface area (Å²) in [7, 11) is 0. The molecule has 1 aromatic carbocycles. The van der Waals surface area contributed by atoms with Gasteiger partial charge in [-0.3, -0.25) is 9.59 Å². The predicted octanol–water partition coefficient (Wildman–Crippen LogP) is 2.62. The molecule has 0 spiro atoms. The van der Waals surface area contributed by atoms with E-state index in [2.05, 4.69) is 5.32 Å². The number of nitrogens with zero attached hydrogens (tertiary/aromatic N) is 1. The van der Waals surface area contributed by atoms with Crippen molar-refractivity contribution in [3.8, 4) is 0 Å². The van der Waals surface area contributed by atoms with E-state index in [1.54, 1.807) is 17.0 Å². The molecule has 0 bridgehead atoms. The van der Waals surface area contributed by atoms with E-state index in [0.29, 0.717) is 31.0 Å². The molecule has 2 aliphatic rings. The minimum absolute atomic E-state index is 0.0362. The van der Waals surface area contributed by atoms with Crippen LogP contribution < -0.4 is 5.32 Å². The van der Waals surface area contributed by atoms with Gasteiger partial charge in [0.25, 0.3) is 0 Å². The van der Waals surface area contributed by atoms with Crippen LogP contribution in [0.25, 0.3) is 0 Å². The van der Waals surface area contributed by atoms with E-state index in [4.69, 9.17) is 0 Å². The smallest absolute Gasteiger partial charge is 0.245 e. The number of likely N-dealkylation sites (tertiary alicyclic amines) is 1. The van der Waals surface area contributed by atoms with E-state index in [-0.39, 0.29) is 23.0 Å². The van der Waals surface area contributed by atoms with E-state index in [1.165, 1.54) is 19.4 Å². The summed E-state index contributed by atoms with van der Waals surface area (Å²) in [5.41, 5.74) is 0.308. The van der Waals surface area contributed by atoms with Crippen LogP contribution in [0.5, 0.6) is 0 Å². The lowest BCUT2D eigenvalue weighted by atomic mass is 9.74. The molecule has 1 N–H and O–H groups in total. The van der Waals surface area contributed by atoms with Gasteiger partial charge in [-0.1, -0.05) is 44.4 Å². The van der Waals surface area contributed by atoms with Gasteiger partial charge in [0.1, 0.15) is 11.9 Å². The molecule has 5 heteroatoms. The van der Waals surface area contributed by atoms with Crippen molar-refractivity contribution in [1.82, 2.24) is 10.2 Å². The number of halogens is 1. The first-order chi connectivity index (χ1) is 11.4. The summed E-state index contributed by atoms with van der Waals surface area (Å²) >= 11 is 0. The van der Waals surface area contributed by atoms with Gasteiger partial charge < -0.3 is 10.2 Å². The second-order valence-electron chi connectivity index (χ2n) is 7.52. The van der Waals surface area contributed by atoms with Crippen LogP contribution in [0.4, 0.5) is 4.39 Å². The van der Waals surface area contributed by atoms with Gasteiger partial charge in [0, 0.05) is 25.4 Å². The molecule has 0 aromatic heterocycles. The van der Waals surface area contributed by atoms with Gasteiger partial charge >= 0.3 is 0 Å². The fraction of sp³-hybridized carbons (Fsp3) is 0.579. The molecule has 1 aromatic rings. The molecule has 1 heterocycles. The highest BCUT2D eigenvalue weighted by Crippen LogP contribution is 2.37. The minimum atomic E-state index is -0.446. The third kappa shape index (κ3) is 3.30. The molecule has 0 unspecified atom stereocenters. The summed E-state index contributed by atoms with van der Waals surface area (Å²) in [4.78, 5) is 25.9. The van der Waals surface area contributed by atoms with Gasteiger partial charge in [-0.05, 0) is 24.0 Å². The number of carbonyl (C=O) groups is 2. The van der Waals surface area contributed by atoms with Gasteiger partial charge in [0.15, 0.2) is 0 Å². The average Bonchev–Trinajstić information content (AvgIpc) is 2.45. The second kappa shape index (κ2) is 6.54. The van der Waals surface area contributed by atoms with Crippen LogP contribution in [0.2, 0.25) is 0 Å². The molecule has 0 radical (unpaired) electrons. The summed E-state index contributed by atoms with van der Waals surface area (Å²) in [6.45, 7) is 4.41. The van der Waals surface area contributed by atoms with Crippen molar-refractivity contribution < 1.29 is 14.0 Å². The molecule has 1 saturated carbocycles. The Labute approximate surface area is 142 Å². The molecule has 1 aliphatic carbocycles. The zero-order valence-corrected chi connectivity index (χ0v) is 14.3. The third-order valence-electron chi connectivity index (χ3n) is 5.38. The maximum absolute atomic E-state index is 14.0. The van der Waals surface area contributed by atoms with E-state index >= 15 is 0 Å². The molecule has 1 atom stereocenters. The molecule has 2 fully saturated rings. The molecule has 130 valence electrons. The fourth-order valence-electron chi connectivity index (χ4n) is 3.82. The monoisotopic (exact) mass is 332 g/mol. The van der Waals surface area contributed by atoms with Crippen LogP contribution in [0, 0.1) is 11.7 Å². The molecular formula is C19H25FN2O2. The summed E-state index contributed by atoms with van der Waals surface area (Å²) in [6.07, 6.45) is 4.19. The van der Waals surface area contributed by atoms with E-state index < -0.39 is 6.04 Å². The topological polar surface area (TPSA) is 49.4 Å². The summed E-state index contributed by atoms with van der Waals surface area (Å²) in [5, 5.41) is 2.80. The van der Waals surface area contributed by atoms with Crippen molar-refractivity contribution in [2.75, 3.05) is 13.1 Å². The first kappa shape index (κ1) is 16.9. The standard InChI is InChI=1S/C19H25FN2O2/c1-13(23)21-17(10-14-6-5-7-14)18(24)22-11-19(2,12-22)15-8-3-4-9-16(15)20/h3-4,8-9,14,17H,5-7,10-12H2,1-2H3,(H,21,23)/t17-/m1/s1. The Morgan fingerprint density at radius 1 is 1.33 bits per heavy atom. The third-order valence-corrected chi connectivity index (χ3v) is 5.38. The highest BCUT2D eigenvalue weighted by molar-refractivity contribution is 5.87. The van der Waals surface area contributed by atoms with Crippen LogP contribution in [0.15, 0.2) is 24.3 Å². The minimum Gasteiger partial charge on any atom is -0.345 e. The van der Waals surface area contributed by atoms with Gasteiger partial charge in [0.2, 0.25) is 11.8 Å². The summed E-state index contributed by atoms with van der Waals surface area (Å²) < 4.78 is 14.0. The van der Waals surface area contributed by atoms with Crippen molar-refractivity contribution in [2.45, 2.75) is 51.0 Å². The zero-order valence-electron chi connectivity index (χ0n) is 14.3. The Morgan fingerprint density at radius 3 is 2.54 bits per heavy atom.